The molecule has 1 aliphatic rings. The zero-order valence-corrected chi connectivity index (χ0v) is 11.2. The Morgan fingerprint density at radius 3 is 2.83 bits per heavy atom. The third kappa shape index (κ3) is 1.66. The molecule has 94 valence electrons. The third-order valence-electron chi connectivity index (χ3n) is 3.33. The normalized spacial score (nSPS) is 16.6. The van der Waals surface area contributed by atoms with Crippen LogP contribution in [0.3, 0.4) is 0 Å². The standard InChI is InChI=1S/C13H14N2O2S/c1-15(2)12(16)13(5-6-13)11-8-9(17-14-11)10-4-3-7-18-10/h3-4,7-8H,5-6H2,1-2H3. The van der Waals surface area contributed by atoms with Crippen LogP contribution in [0.2, 0.25) is 0 Å². The van der Waals surface area contributed by atoms with Gasteiger partial charge >= 0.3 is 0 Å². The number of hydrogen-bond donors (Lipinski definition) is 0. The van der Waals surface area contributed by atoms with Crippen molar-refractivity contribution in [3.8, 4) is 10.6 Å². The Morgan fingerprint density at radius 2 is 2.28 bits per heavy atom. The van der Waals surface area contributed by atoms with Crippen LogP contribution in [0.1, 0.15) is 18.5 Å². The minimum Gasteiger partial charge on any atom is -0.355 e. The fraction of sp³-hybridized carbons (Fsp3) is 0.385. The zero-order chi connectivity index (χ0) is 12.8. The first kappa shape index (κ1) is 11.5. The zero-order valence-electron chi connectivity index (χ0n) is 10.3. The molecule has 2 aromatic rings. The molecular weight excluding hydrogens is 248 g/mol. The van der Waals surface area contributed by atoms with Crippen molar-refractivity contribution in [2.24, 2.45) is 0 Å². The van der Waals surface area contributed by atoms with Crippen LogP contribution in [0.5, 0.6) is 0 Å². The number of hydrogen-bond acceptors (Lipinski definition) is 4. The minimum atomic E-state index is -0.428. The van der Waals surface area contributed by atoms with Crippen LogP contribution in [-0.4, -0.2) is 30.1 Å². The van der Waals surface area contributed by atoms with Crippen LogP contribution in [0.25, 0.3) is 10.6 Å². The molecule has 0 aliphatic heterocycles. The Balaban J connectivity index is 1.93. The first-order valence-electron chi connectivity index (χ1n) is 5.86. The van der Waals surface area contributed by atoms with Gasteiger partial charge in [0.25, 0.3) is 0 Å². The van der Waals surface area contributed by atoms with Crippen molar-refractivity contribution in [3.05, 3.63) is 29.3 Å². The number of aromatic nitrogens is 1. The highest BCUT2D eigenvalue weighted by Gasteiger charge is 2.54. The molecular formula is C13H14N2O2S. The molecule has 4 nitrogen and oxygen atoms in total. The summed E-state index contributed by atoms with van der Waals surface area (Å²) in [6, 6.07) is 5.86. The molecule has 1 saturated carbocycles. The van der Waals surface area contributed by atoms with E-state index in [2.05, 4.69) is 5.16 Å². The van der Waals surface area contributed by atoms with Gasteiger partial charge < -0.3 is 9.42 Å². The van der Waals surface area contributed by atoms with Gasteiger partial charge in [-0.3, -0.25) is 4.79 Å². The van der Waals surface area contributed by atoms with E-state index in [-0.39, 0.29) is 5.91 Å². The van der Waals surface area contributed by atoms with E-state index in [1.165, 1.54) is 0 Å². The number of rotatable bonds is 3. The van der Waals surface area contributed by atoms with Crippen LogP contribution >= 0.6 is 11.3 Å². The average Bonchev–Trinajstić information content (AvgIpc) is 2.84. The Morgan fingerprint density at radius 1 is 1.50 bits per heavy atom. The predicted molar refractivity (Wildman–Crippen MR) is 69.4 cm³/mol. The summed E-state index contributed by atoms with van der Waals surface area (Å²) in [6.07, 6.45) is 1.72. The molecule has 0 spiro atoms. The van der Waals surface area contributed by atoms with E-state index >= 15 is 0 Å². The molecule has 5 heteroatoms. The molecule has 1 fully saturated rings. The molecule has 18 heavy (non-hydrogen) atoms. The van der Waals surface area contributed by atoms with Crippen molar-refractivity contribution < 1.29 is 9.32 Å². The second-order valence-corrected chi connectivity index (χ2v) is 5.78. The summed E-state index contributed by atoms with van der Waals surface area (Å²) in [5.41, 5.74) is 0.340. The van der Waals surface area contributed by atoms with Gasteiger partial charge in [0, 0.05) is 20.2 Å². The van der Waals surface area contributed by atoms with Gasteiger partial charge in [-0.15, -0.1) is 11.3 Å². The highest BCUT2D eigenvalue weighted by molar-refractivity contribution is 7.13. The van der Waals surface area contributed by atoms with Crippen LogP contribution in [0.4, 0.5) is 0 Å². The molecule has 0 aromatic carbocycles. The van der Waals surface area contributed by atoms with Gasteiger partial charge in [-0.2, -0.15) is 0 Å². The van der Waals surface area contributed by atoms with Crippen LogP contribution in [-0.2, 0) is 10.2 Å². The van der Waals surface area contributed by atoms with Crippen molar-refractivity contribution >= 4 is 17.2 Å². The molecule has 2 aromatic heterocycles. The molecule has 0 N–H and O–H groups in total. The summed E-state index contributed by atoms with van der Waals surface area (Å²) >= 11 is 1.61. The Bertz CT molecular complexity index is 568. The molecule has 2 heterocycles. The second kappa shape index (κ2) is 3.95. The lowest BCUT2D eigenvalue weighted by Gasteiger charge is -2.16. The second-order valence-electron chi connectivity index (χ2n) is 4.84. The Kier molecular flexibility index (Phi) is 2.52. The predicted octanol–water partition coefficient (Wildman–Crippen LogP) is 2.52. The van der Waals surface area contributed by atoms with Gasteiger partial charge in [-0.25, -0.2) is 0 Å². The maximum absolute atomic E-state index is 12.2. The molecule has 0 saturated heterocycles. The number of amides is 1. The lowest BCUT2D eigenvalue weighted by molar-refractivity contribution is -0.131. The van der Waals surface area contributed by atoms with E-state index in [1.54, 1.807) is 30.3 Å². The highest BCUT2D eigenvalue weighted by atomic mass is 32.1. The number of thiophene rings is 1. The van der Waals surface area contributed by atoms with Crippen molar-refractivity contribution in [2.45, 2.75) is 18.3 Å². The fourth-order valence-electron chi connectivity index (χ4n) is 2.17. The number of nitrogens with zero attached hydrogens (tertiary/aromatic N) is 2. The maximum atomic E-state index is 12.2. The van der Waals surface area contributed by atoms with Crippen LogP contribution < -0.4 is 0 Å². The molecule has 0 unspecified atom stereocenters. The van der Waals surface area contributed by atoms with Crippen LogP contribution in [0, 0.1) is 0 Å². The third-order valence-corrected chi connectivity index (χ3v) is 4.21. The van der Waals surface area contributed by atoms with E-state index in [4.69, 9.17) is 4.52 Å². The topological polar surface area (TPSA) is 46.3 Å². The molecule has 0 radical (unpaired) electrons. The molecule has 3 rings (SSSR count). The molecule has 0 bridgehead atoms. The van der Waals surface area contributed by atoms with E-state index < -0.39 is 5.41 Å². The van der Waals surface area contributed by atoms with Gasteiger partial charge in [0.2, 0.25) is 5.91 Å². The first-order chi connectivity index (χ1) is 8.63. The van der Waals surface area contributed by atoms with Gasteiger partial charge in [0.15, 0.2) is 5.76 Å². The van der Waals surface area contributed by atoms with Crippen molar-refractivity contribution in [2.75, 3.05) is 14.1 Å². The van der Waals surface area contributed by atoms with E-state index in [9.17, 15) is 4.79 Å². The molecule has 1 aliphatic carbocycles. The van der Waals surface area contributed by atoms with Gasteiger partial charge in [0.1, 0.15) is 0 Å². The fourth-order valence-corrected chi connectivity index (χ4v) is 2.84. The van der Waals surface area contributed by atoms with Gasteiger partial charge in [0.05, 0.1) is 16.0 Å². The summed E-state index contributed by atoms with van der Waals surface area (Å²) in [5.74, 6) is 0.867. The lowest BCUT2D eigenvalue weighted by atomic mass is 10.0. The van der Waals surface area contributed by atoms with Crippen molar-refractivity contribution in [1.82, 2.24) is 10.1 Å². The van der Waals surface area contributed by atoms with E-state index in [1.807, 2.05) is 23.6 Å². The lowest BCUT2D eigenvalue weighted by Crippen LogP contribution is -2.33. The summed E-state index contributed by atoms with van der Waals surface area (Å²) < 4.78 is 5.35. The summed E-state index contributed by atoms with van der Waals surface area (Å²) in [7, 11) is 3.56. The average molecular weight is 262 g/mol. The van der Waals surface area contributed by atoms with Gasteiger partial charge in [-0.05, 0) is 24.3 Å². The monoisotopic (exact) mass is 262 g/mol. The number of carbonyl (C=O) groups is 1. The summed E-state index contributed by atoms with van der Waals surface area (Å²) in [4.78, 5) is 14.8. The quantitative estimate of drug-likeness (QED) is 0.854. The number of likely N-dealkylation sites (N-methyl/N-ethyl adjacent to an activating group) is 1. The smallest absolute Gasteiger partial charge is 0.234 e. The maximum Gasteiger partial charge on any atom is 0.234 e. The van der Waals surface area contributed by atoms with Crippen molar-refractivity contribution in [1.29, 1.82) is 0 Å². The first-order valence-corrected chi connectivity index (χ1v) is 6.74. The number of carbonyl (C=O) groups excluding carboxylic acids is 1. The Hall–Kier alpha value is -1.62. The Labute approximate surface area is 109 Å². The minimum absolute atomic E-state index is 0.119. The van der Waals surface area contributed by atoms with Gasteiger partial charge in [-0.1, -0.05) is 11.2 Å². The highest BCUT2D eigenvalue weighted by Crippen LogP contribution is 2.49. The van der Waals surface area contributed by atoms with E-state index in [0.717, 1.165) is 29.2 Å². The molecule has 1 amide bonds. The SMILES string of the molecule is CN(C)C(=O)C1(c2cc(-c3cccs3)on2)CC1. The van der Waals surface area contributed by atoms with Crippen molar-refractivity contribution in [3.63, 3.8) is 0 Å². The summed E-state index contributed by atoms with van der Waals surface area (Å²) in [6.45, 7) is 0. The largest absolute Gasteiger partial charge is 0.355 e. The molecule has 0 atom stereocenters. The van der Waals surface area contributed by atoms with E-state index in [0.29, 0.717) is 0 Å². The summed E-state index contributed by atoms with van der Waals surface area (Å²) in [5, 5.41) is 6.09. The van der Waals surface area contributed by atoms with Crippen LogP contribution in [0.15, 0.2) is 28.1 Å².